The molecule has 1 aromatic heterocycles. The predicted octanol–water partition coefficient (Wildman–Crippen LogP) is 3.43. The van der Waals surface area contributed by atoms with Crippen molar-refractivity contribution in [3.8, 4) is 11.5 Å². The van der Waals surface area contributed by atoms with Gasteiger partial charge in [-0.05, 0) is 42.5 Å². The third-order valence-corrected chi connectivity index (χ3v) is 3.70. The molecule has 0 spiro atoms. The van der Waals surface area contributed by atoms with Gasteiger partial charge in [-0.3, -0.25) is 0 Å². The van der Waals surface area contributed by atoms with Crippen molar-refractivity contribution in [3.63, 3.8) is 0 Å². The van der Waals surface area contributed by atoms with Gasteiger partial charge in [0.15, 0.2) is 0 Å². The molecule has 23 heavy (non-hydrogen) atoms. The first kappa shape index (κ1) is 15.0. The van der Waals surface area contributed by atoms with Gasteiger partial charge in [0.05, 0.1) is 19.2 Å². The summed E-state index contributed by atoms with van der Waals surface area (Å²) in [6.07, 6.45) is 1.88. The van der Waals surface area contributed by atoms with E-state index in [-0.39, 0.29) is 0 Å². The molecule has 1 heterocycles. The second kappa shape index (κ2) is 6.44. The van der Waals surface area contributed by atoms with Crippen molar-refractivity contribution in [2.75, 3.05) is 13.7 Å². The van der Waals surface area contributed by atoms with E-state index in [1.165, 1.54) is 0 Å². The molecule has 0 aliphatic carbocycles. The third kappa shape index (κ3) is 3.13. The Morgan fingerprint density at radius 3 is 2.52 bits per heavy atom. The van der Waals surface area contributed by atoms with Gasteiger partial charge in [0.1, 0.15) is 18.1 Å². The Labute approximate surface area is 133 Å². The lowest BCUT2D eigenvalue weighted by atomic mass is 10.1. The number of hydrogen-bond acceptors (Lipinski definition) is 3. The summed E-state index contributed by atoms with van der Waals surface area (Å²) in [5.74, 6) is 0.645. The van der Waals surface area contributed by atoms with Gasteiger partial charge in [-0.2, -0.15) is 0 Å². The van der Waals surface area contributed by atoms with Crippen LogP contribution in [0.25, 0.3) is 10.9 Å². The van der Waals surface area contributed by atoms with E-state index in [2.05, 4.69) is 0 Å². The number of carbonyl (C=O) groups is 1. The molecule has 3 rings (SSSR count). The number of carboxylic acids is 1. The topological polar surface area (TPSA) is 60.7 Å². The molecule has 118 valence electrons. The van der Waals surface area contributed by atoms with E-state index in [0.717, 1.165) is 22.4 Å². The lowest BCUT2D eigenvalue weighted by Gasteiger charge is -2.09. The van der Waals surface area contributed by atoms with Crippen LogP contribution in [0.2, 0.25) is 0 Å². The quantitative estimate of drug-likeness (QED) is 0.757. The summed E-state index contributed by atoms with van der Waals surface area (Å²) >= 11 is 0. The number of hydrogen-bond donors (Lipinski definition) is 1. The van der Waals surface area contributed by atoms with Gasteiger partial charge < -0.3 is 19.1 Å². The lowest BCUT2D eigenvalue weighted by molar-refractivity contribution is 0.0699. The highest BCUT2D eigenvalue weighted by Crippen LogP contribution is 2.21. The van der Waals surface area contributed by atoms with Crippen LogP contribution < -0.4 is 9.47 Å². The van der Waals surface area contributed by atoms with Crippen LogP contribution in [0.1, 0.15) is 10.4 Å². The van der Waals surface area contributed by atoms with Gasteiger partial charge in [0.2, 0.25) is 0 Å². The maximum atomic E-state index is 11.2. The molecule has 0 atom stereocenters. The number of benzene rings is 2. The number of nitrogens with zero attached hydrogens (tertiary/aromatic N) is 1. The fourth-order valence-electron chi connectivity index (χ4n) is 2.54. The molecule has 0 radical (unpaired) electrons. The van der Waals surface area contributed by atoms with Gasteiger partial charge in [-0.15, -0.1) is 0 Å². The first-order valence-electron chi connectivity index (χ1n) is 7.27. The molecule has 5 nitrogen and oxygen atoms in total. The van der Waals surface area contributed by atoms with Gasteiger partial charge in [0, 0.05) is 17.1 Å². The monoisotopic (exact) mass is 311 g/mol. The zero-order chi connectivity index (χ0) is 16.2. The molecule has 0 fully saturated rings. The van der Waals surface area contributed by atoms with Crippen molar-refractivity contribution in [1.29, 1.82) is 0 Å². The highest BCUT2D eigenvalue weighted by Gasteiger charge is 2.10. The van der Waals surface area contributed by atoms with E-state index in [9.17, 15) is 9.90 Å². The van der Waals surface area contributed by atoms with Crippen LogP contribution in [0.3, 0.4) is 0 Å². The summed E-state index contributed by atoms with van der Waals surface area (Å²) in [4.78, 5) is 11.2. The summed E-state index contributed by atoms with van der Waals surface area (Å²) in [6, 6.07) is 14.5. The molecule has 2 aromatic carbocycles. The Kier molecular flexibility index (Phi) is 4.19. The molecule has 0 saturated heterocycles. The molecule has 3 aromatic rings. The molecule has 0 amide bonds. The van der Waals surface area contributed by atoms with Crippen molar-refractivity contribution in [1.82, 2.24) is 4.57 Å². The SMILES string of the molecule is COc1ccc(OCCn2ccc3c(C(=O)O)cccc32)cc1. The van der Waals surface area contributed by atoms with E-state index in [1.807, 2.05) is 47.2 Å². The standard InChI is InChI=1S/C18H17NO4/c1-22-13-5-7-14(8-6-13)23-12-11-19-10-9-15-16(18(20)21)3-2-4-17(15)19/h2-10H,11-12H2,1H3,(H,20,21). The second-order valence-electron chi connectivity index (χ2n) is 5.08. The van der Waals surface area contributed by atoms with Gasteiger partial charge in [-0.25, -0.2) is 4.79 Å². The Morgan fingerprint density at radius 2 is 1.83 bits per heavy atom. The van der Waals surface area contributed by atoms with Crippen LogP contribution in [0.15, 0.2) is 54.7 Å². The minimum atomic E-state index is -0.914. The van der Waals surface area contributed by atoms with Crippen molar-refractivity contribution in [3.05, 3.63) is 60.3 Å². The minimum Gasteiger partial charge on any atom is -0.497 e. The number of aromatic nitrogens is 1. The van der Waals surface area contributed by atoms with Crippen LogP contribution in [-0.4, -0.2) is 29.4 Å². The number of ether oxygens (including phenoxy) is 2. The Balaban J connectivity index is 1.69. The molecule has 0 aliphatic heterocycles. The zero-order valence-corrected chi connectivity index (χ0v) is 12.7. The summed E-state index contributed by atoms with van der Waals surface area (Å²) in [7, 11) is 1.62. The second-order valence-corrected chi connectivity index (χ2v) is 5.08. The summed E-state index contributed by atoms with van der Waals surface area (Å²) in [6.45, 7) is 1.13. The van der Waals surface area contributed by atoms with Crippen molar-refractivity contribution in [2.45, 2.75) is 6.54 Å². The molecule has 1 N–H and O–H groups in total. The zero-order valence-electron chi connectivity index (χ0n) is 12.7. The molecule has 0 bridgehead atoms. The van der Waals surface area contributed by atoms with Gasteiger partial charge >= 0.3 is 5.97 Å². The first-order chi connectivity index (χ1) is 11.2. The average molecular weight is 311 g/mol. The van der Waals surface area contributed by atoms with Crippen LogP contribution in [-0.2, 0) is 6.54 Å². The third-order valence-electron chi connectivity index (χ3n) is 3.70. The molecule has 5 heteroatoms. The number of rotatable bonds is 6. The number of fused-ring (bicyclic) bond motifs is 1. The number of aromatic carboxylic acids is 1. The maximum absolute atomic E-state index is 11.2. The van der Waals surface area contributed by atoms with E-state index in [1.54, 1.807) is 19.2 Å². The fraction of sp³-hybridized carbons (Fsp3) is 0.167. The van der Waals surface area contributed by atoms with Gasteiger partial charge in [-0.1, -0.05) is 6.07 Å². The average Bonchev–Trinajstić information content (AvgIpc) is 2.98. The number of carboxylic acid groups (broad SMARTS) is 1. The van der Waals surface area contributed by atoms with E-state index in [4.69, 9.17) is 9.47 Å². The van der Waals surface area contributed by atoms with E-state index < -0.39 is 5.97 Å². The highest BCUT2D eigenvalue weighted by molar-refractivity contribution is 6.02. The highest BCUT2D eigenvalue weighted by atomic mass is 16.5. The van der Waals surface area contributed by atoms with E-state index in [0.29, 0.717) is 18.7 Å². The molecular weight excluding hydrogens is 294 g/mol. The van der Waals surface area contributed by atoms with Crippen LogP contribution in [0.5, 0.6) is 11.5 Å². The smallest absolute Gasteiger partial charge is 0.336 e. The van der Waals surface area contributed by atoms with Crippen molar-refractivity contribution < 1.29 is 19.4 Å². The summed E-state index contributed by atoms with van der Waals surface area (Å²) in [5.41, 5.74) is 1.21. The number of methoxy groups -OCH3 is 1. The van der Waals surface area contributed by atoms with Gasteiger partial charge in [0.25, 0.3) is 0 Å². The Morgan fingerprint density at radius 1 is 1.09 bits per heavy atom. The predicted molar refractivity (Wildman–Crippen MR) is 87.4 cm³/mol. The molecule has 0 aliphatic rings. The summed E-state index contributed by atoms with van der Waals surface area (Å²) in [5, 5.41) is 9.96. The Bertz CT molecular complexity index is 821. The maximum Gasteiger partial charge on any atom is 0.336 e. The van der Waals surface area contributed by atoms with Crippen LogP contribution in [0, 0.1) is 0 Å². The summed E-state index contributed by atoms with van der Waals surface area (Å²) < 4.78 is 12.8. The largest absolute Gasteiger partial charge is 0.497 e. The van der Waals surface area contributed by atoms with Crippen molar-refractivity contribution in [2.24, 2.45) is 0 Å². The van der Waals surface area contributed by atoms with E-state index >= 15 is 0 Å². The molecule has 0 saturated carbocycles. The van der Waals surface area contributed by atoms with Crippen LogP contribution in [0.4, 0.5) is 0 Å². The lowest BCUT2D eigenvalue weighted by Crippen LogP contribution is -2.07. The normalized spacial score (nSPS) is 10.7. The van der Waals surface area contributed by atoms with Crippen molar-refractivity contribution >= 4 is 16.9 Å². The molecule has 0 unspecified atom stereocenters. The van der Waals surface area contributed by atoms with Crippen LogP contribution >= 0.6 is 0 Å². The minimum absolute atomic E-state index is 0.317. The molecular formula is C18H17NO4. The Hall–Kier alpha value is -2.95. The first-order valence-corrected chi connectivity index (χ1v) is 7.27. The fourth-order valence-corrected chi connectivity index (χ4v) is 2.54.